The molecule has 0 unspecified atom stereocenters. The summed E-state index contributed by atoms with van der Waals surface area (Å²) in [6.07, 6.45) is 5.36. The molecule has 500 valence electrons. The summed E-state index contributed by atoms with van der Waals surface area (Å²) < 4.78 is 6.19. The molecule has 5 rings (SSSR count). The maximum atomic E-state index is 14.8. The quantitative estimate of drug-likeness (QED) is 0.0955. The first-order valence-corrected chi connectivity index (χ1v) is 32.7. The predicted octanol–water partition coefficient (Wildman–Crippen LogP) is -4.37. The fourth-order valence-corrected chi connectivity index (χ4v) is 11.8. The van der Waals surface area contributed by atoms with Crippen molar-refractivity contribution in [1.29, 1.82) is 0 Å². The summed E-state index contributed by atoms with van der Waals surface area (Å²) in [7, 11) is 0. The van der Waals surface area contributed by atoms with E-state index in [1.807, 2.05) is 0 Å². The molecule has 91 heavy (non-hydrogen) atoms. The van der Waals surface area contributed by atoms with Crippen LogP contribution in [-0.4, -0.2) is 235 Å². The number of carboxylic acid groups (broad SMARTS) is 2. The van der Waals surface area contributed by atoms with Crippen molar-refractivity contribution < 1.29 is 92.3 Å². The van der Waals surface area contributed by atoms with E-state index in [0.29, 0.717) is 54.5 Å². The molecule has 4 heterocycles. The summed E-state index contributed by atoms with van der Waals surface area (Å²) >= 11 is 3.54. The van der Waals surface area contributed by atoms with Crippen LogP contribution < -0.4 is 58.3 Å². The minimum Gasteiger partial charge on any atom is -0.494 e. The number of benzene rings is 1. The van der Waals surface area contributed by atoms with Crippen molar-refractivity contribution in [3.8, 4) is 5.75 Å². The molecule has 0 aliphatic carbocycles. The number of aliphatic carboxylic acids is 2. The molecule has 1 fully saturated rings. The molecule has 0 saturated carbocycles. The van der Waals surface area contributed by atoms with Gasteiger partial charge in [0.05, 0.1) is 39.0 Å². The number of aliphatic hydroxyl groups is 2. The lowest BCUT2D eigenvalue weighted by Crippen LogP contribution is -2.61. The molecule has 0 radical (unpaired) electrons. The number of nitrogens with zero attached hydrogens (tertiary/aromatic N) is 3. The molecule has 16 N–H and O–H groups in total. The van der Waals surface area contributed by atoms with Gasteiger partial charge in [-0.2, -0.15) is 35.3 Å². The second-order valence-electron chi connectivity index (χ2n) is 21.3. The number of nitrogens with one attached hydrogen (secondary N) is 10. The lowest BCUT2D eigenvalue weighted by Gasteiger charge is -2.30. The first kappa shape index (κ1) is 73.5. The number of carbonyl (C=O) groups is 13. The second kappa shape index (κ2) is 37.8. The molecule has 0 spiro atoms. The fourth-order valence-electron chi connectivity index (χ4n) is 9.39. The molecule has 2 aromatic rings. The van der Waals surface area contributed by atoms with Gasteiger partial charge in [0.15, 0.2) is 0 Å². The van der Waals surface area contributed by atoms with Gasteiger partial charge in [0.1, 0.15) is 79.0 Å². The average molecular weight is 1340 g/mol. The second-order valence-corrected chi connectivity index (χ2v) is 24.3. The van der Waals surface area contributed by atoms with Gasteiger partial charge in [0.2, 0.25) is 59.1 Å². The Bertz CT molecular complexity index is 2930. The molecule has 3 aliphatic rings. The Hall–Kier alpha value is -8.22. The van der Waals surface area contributed by atoms with Crippen molar-refractivity contribution in [2.45, 2.75) is 143 Å². The van der Waals surface area contributed by atoms with Crippen LogP contribution in [0.4, 0.5) is 0 Å². The number of ether oxygens (including phenoxy) is 1. The van der Waals surface area contributed by atoms with Crippen LogP contribution >= 0.6 is 35.3 Å². The third kappa shape index (κ3) is 24.5. The number of carboxylic acids is 2. The number of rotatable bonds is 12. The summed E-state index contributed by atoms with van der Waals surface area (Å²) in [4.78, 5) is 189. The molecular formula is C55H78N14O19S3. The number of imidazole rings is 1. The van der Waals surface area contributed by atoms with Crippen LogP contribution in [0.5, 0.6) is 5.75 Å². The largest absolute Gasteiger partial charge is 0.494 e. The third-order valence-electron chi connectivity index (χ3n) is 14.2. The topological polar surface area (TPSA) is 500 Å². The van der Waals surface area contributed by atoms with Gasteiger partial charge in [-0.25, -0.2) is 4.98 Å². The number of fused-ring (bicyclic) bond motifs is 6. The first-order chi connectivity index (χ1) is 43.5. The van der Waals surface area contributed by atoms with Gasteiger partial charge in [-0.1, -0.05) is 11.2 Å². The molecule has 1 saturated heterocycles. The Kier molecular flexibility index (Phi) is 30.6. The summed E-state index contributed by atoms with van der Waals surface area (Å²) in [6.45, 7) is -0.587. The lowest BCUT2D eigenvalue weighted by molar-refractivity contribution is -0.144. The van der Waals surface area contributed by atoms with Gasteiger partial charge >= 0.3 is 11.9 Å². The van der Waals surface area contributed by atoms with E-state index in [4.69, 9.17) is 15.3 Å². The third-order valence-corrected chi connectivity index (χ3v) is 17.0. The first-order valence-electron chi connectivity index (χ1n) is 29.0. The van der Waals surface area contributed by atoms with Crippen LogP contribution in [0.15, 0.2) is 35.9 Å². The average Bonchev–Trinajstić information content (AvgIpc) is 1.91. The minimum absolute atomic E-state index is 0.0439. The number of aromatic nitrogens is 2. The maximum Gasteiger partial charge on any atom is 0.305 e. The lowest BCUT2D eigenvalue weighted by atomic mass is 10.1. The standard InChI is InChI=1S/C55H78N14O19S3/c1-29-47(78)63-35(17-32-20-57-28-58-32)49(80)65-39(23-71)53(84)67-40(46(56)77)26-90-24-30-14-31-16-33(15-30)87-11-5-3-4-6-12-88-59-21-43(72)61-36(18-44(73)74)50(81)68-41(27-91-25-31)55(86)69-10-7-8-42(69)54(85)64-37(19-45(75)76)51(82)66-38(22-70)52(83)62-34(9-13-89-2)48(79)60-29/h14-16,20-21,28-29,34-42,70-71H,3-13,17-19,22-27H2,1-2H3,(H2,56,77)(H,57,58)(H,60,79)(H,61,72)(H,62,83)(H,63,78)(H,64,85)(H,65,80)(H,66,82)(H,67,84)(H,68,81)(H,73,74)(H,75,76)/b59-21+/t29-,34-,35-,36-,37-,38-,39-,40-,41-,42-/m0/s1. The predicted molar refractivity (Wildman–Crippen MR) is 328 cm³/mol. The van der Waals surface area contributed by atoms with Crippen molar-refractivity contribution in [3.05, 3.63) is 47.5 Å². The molecule has 1 aromatic carbocycles. The van der Waals surface area contributed by atoms with E-state index < -0.39 is 163 Å². The van der Waals surface area contributed by atoms with Crippen LogP contribution in [0.3, 0.4) is 0 Å². The Balaban J connectivity index is 1.54. The zero-order chi connectivity index (χ0) is 66.6. The zero-order valence-corrected chi connectivity index (χ0v) is 52.4. The number of aromatic amines is 1. The number of hydrogen-bond donors (Lipinski definition) is 15. The van der Waals surface area contributed by atoms with Crippen LogP contribution in [0.1, 0.15) is 81.5 Å². The van der Waals surface area contributed by atoms with Gasteiger partial charge in [-0.05, 0) is 87.1 Å². The van der Waals surface area contributed by atoms with Crippen molar-refractivity contribution in [1.82, 2.24) is 62.7 Å². The number of amides is 11. The molecule has 3 aliphatic heterocycles. The van der Waals surface area contributed by atoms with E-state index in [2.05, 4.69) is 63.0 Å². The smallest absolute Gasteiger partial charge is 0.305 e. The van der Waals surface area contributed by atoms with Gasteiger partial charge in [-0.3, -0.25) is 62.3 Å². The van der Waals surface area contributed by atoms with Crippen LogP contribution in [-0.2, 0) is 85.1 Å². The van der Waals surface area contributed by atoms with E-state index in [-0.39, 0.29) is 74.2 Å². The molecule has 11 amide bonds. The molecular weight excluding hydrogens is 1260 g/mol. The van der Waals surface area contributed by atoms with Crippen molar-refractivity contribution in [2.75, 3.05) is 56.5 Å². The number of thioether (sulfide) groups is 3. The molecule has 4 bridgehead atoms. The monoisotopic (exact) mass is 1330 g/mol. The van der Waals surface area contributed by atoms with Crippen molar-refractivity contribution in [2.24, 2.45) is 10.9 Å². The van der Waals surface area contributed by atoms with E-state index in [1.165, 1.54) is 43.0 Å². The SMILES string of the molecule is CSCC[C@@H]1NC(=O)[C@H](CO)NC(=O)[C@H](CC(=O)O)NC(=O)[C@@H]2CCCN2C(=O)[C@@H]2CSCc3cc(cc(c3)OCCCCCCO/N=C/C(=O)N[C@@H](CC(=O)O)C(=O)N2)CSC[C@@H](C(N)=O)NC(=O)[C@H](CO)NC(=O)[C@H](Cc2cnc[nH]2)NC(=O)[C@H](C)NC1=O. The van der Waals surface area contributed by atoms with Crippen LogP contribution in [0, 0.1) is 0 Å². The van der Waals surface area contributed by atoms with Gasteiger partial charge in [0, 0.05) is 47.9 Å². The van der Waals surface area contributed by atoms with E-state index in [1.54, 1.807) is 24.5 Å². The highest BCUT2D eigenvalue weighted by Crippen LogP contribution is 2.27. The van der Waals surface area contributed by atoms with Crippen molar-refractivity contribution >= 4 is 118 Å². The summed E-state index contributed by atoms with van der Waals surface area (Å²) in [5.74, 6) is -13.9. The molecule has 10 atom stereocenters. The van der Waals surface area contributed by atoms with E-state index in [0.717, 1.165) is 16.7 Å². The maximum absolute atomic E-state index is 14.8. The number of oxime groups is 1. The minimum atomic E-state index is -1.95. The van der Waals surface area contributed by atoms with Crippen LogP contribution in [0.2, 0.25) is 0 Å². The Labute approximate surface area is 534 Å². The van der Waals surface area contributed by atoms with Gasteiger partial charge in [0.25, 0.3) is 5.91 Å². The highest BCUT2D eigenvalue weighted by Gasteiger charge is 2.41. The molecule has 1 aromatic heterocycles. The highest BCUT2D eigenvalue weighted by atomic mass is 32.2. The number of carbonyl (C=O) groups excluding carboxylic acids is 11. The zero-order valence-electron chi connectivity index (χ0n) is 49.9. The van der Waals surface area contributed by atoms with Gasteiger partial charge in [-0.15, -0.1) is 0 Å². The molecule has 33 nitrogen and oxygen atoms in total. The Morgan fingerprint density at radius 2 is 1.22 bits per heavy atom. The Morgan fingerprint density at radius 1 is 0.659 bits per heavy atom. The summed E-state index contributed by atoms with van der Waals surface area (Å²) in [5, 5.41) is 65.6. The number of hydrogen-bond acceptors (Lipinski definition) is 22. The number of H-pyrrole nitrogens is 1. The van der Waals surface area contributed by atoms with E-state index >= 15 is 0 Å². The van der Waals surface area contributed by atoms with Crippen LogP contribution in [0.25, 0.3) is 0 Å². The summed E-state index contributed by atoms with van der Waals surface area (Å²) in [5.41, 5.74) is 7.37. The molecule has 36 heteroatoms. The van der Waals surface area contributed by atoms with Gasteiger partial charge < -0.3 is 93.5 Å². The Morgan fingerprint density at radius 3 is 1.84 bits per heavy atom. The fraction of sp³-hybridized carbons (Fsp3) is 0.582. The number of aliphatic hydroxyl groups excluding tert-OH is 2. The van der Waals surface area contributed by atoms with E-state index in [9.17, 15) is 82.8 Å². The normalized spacial score (nSPS) is 26.4. The highest BCUT2D eigenvalue weighted by molar-refractivity contribution is 7.99. The summed E-state index contributed by atoms with van der Waals surface area (Å²) in [6, 6.07) is -10.8. The number of nitrogens with two attached hydrogens (primary N) is 1. The van der Waals surface area contributed by atoms with Crippen molar-refractivity contribution in [3.63, 3.8) is 0 Å². The number of primary amides is 1.